The first kappa shape index (κ1) is 18.3. The second-order valence-corrected chi connectivity index (χ2v) is 11.0. The number of esters is 2. The summed E-state index contributed by atoms with van der Waals surface area (Å²) < 4.78 is 15.8. The van der Waals surface area contributed by atoms with Crippen molar-refractivity contribution in [2.45, 2.75) is 38.9 Å². The molecule has 0 bridgehead atoms. The Balaban J connectivity index is 2.76. The average Bonchev–Trinajstić information content (AvgIpc) is 3.06. The van der Waals surface area contributed by atoms with E-state index >= 15 is 0 Å². The fourth-order valence-corrected chi connectivity index (χ4v) is 6.55. The molecule has 2 rings (SSSR count). The molecule has 0 saturated heterocycles. The molecule has 0 saturated carbocycles. The van der Waals surface area contributed by atoms with Gasteiger partial charge in [0.15, 0.2) is 0 Å². The molecule has 24 heavy (non-hydrogen) atoms. The van der Waals surface area contributed by atoms with Gasteiger partial charge < -0.3 is 13.9 Å². The van der Waals surface area contributed by atoms with Gasteiger partial charge in [-0.1, -0.05) is 45.0 Å². The van der Waals surface area contributed by atoms with E-state index in [4.69, 9.17) is 13.9 Å². The maximum Gasteiger partial charge on any atom is 0.342 e. The average molecular weight is 348 g/mol. The maximum atomic E-state index is 12.3. The third-order valence-electron chi connectivity index (χ3n) is 5.03. The Hall–Kier alpha value is -2.08. The Bertz CT molecular complexity index is 750. The lowest BCUT2D eigenvalue weighted by Crippen LogP contribution is -2.44. The predicted octanol–water partition coefficient (Wildman–Crippen LogP) is 3.72. The first-order chi connectivity index (χ1) is 11.5. The smallest absolute Gasteiger partial charge is 0.342 e. The molecule has 0 spiro atoms. The summed E-state index contributed by atoms with van der Waals surface area (Å²) in [5, 5.41) is 1.78. The van der Waals surface area contributed by atoms with E-state index in [0.717, 1.165) is 28.9 Å². The zero-order valence-corrected chi connectivity index (χ0v) is 15.9. The van der Waals surface area contributed by atoms with Crippen molar-refractivity contribution in [2.75, 3.05) is 14.2 Å². The molecule has 130 valence electrons. The lowest BCUT2D eigenvalue weighted by atomic mass is 10.0. The van der Waals surface area contributed by atoms with E-state index in [9.17, 15) is 9.59 Å². The van der Waals surface area contributed by atoms with Gasteiger partial charge in [0.2, 0.25) is 0 Å². The largest absolute Gasteiger partial charge is 0.465 e. The summed E-state index contributed by atoms with van der Waals surface area (Å²) in [6.07, 6.45) is 0. The molecule has 0 atom stereocenters. The summed E-state index contributed by atoms with van der Waals surface area (Å²) in [7, 11) is 0.837. The number of ether oxygens (including phenoxy) is 2. The Kier molecular flexibility index (Phi) is 5.49. The highest BCUT2D eigenvalue weighted by Crippen LogP contribution is 2.28. The number of carbonyl (C=O) groups is 2. The second kappa shape index (κ2) is 7.21. The molecule has 0 unspecified atom stereocenters. The van der Waals surface area contributed by atoms with Gasteiger partial charge in [-0.25, -0.2) is 9.59 Å². The zero-order chi connectivity index (χ0) is 17.9. The van der Waals surface area contributed by atoms with Crippen LogP contribution in [0.4, 0.5) is 0 Å². The number of hydrogen-bond acceptors (Lipinski definition) is 5. The molecule has 0 radical (unpaired) electrons. The third kappa shape index (κ3) is 2.86. The Morgan fingerprint density at radius 1 is 1.00 bits per heavy atom. The molecular weight excluding hydrogens is 324 g/mol. The first-order valence-corrected chi connectivity index (χ1v) is 10.8. The van der Waals surface area contributed by atoms with E-state index < -0.39 is 20.0 Å². The molecule has 0 amide bonds. The van der Waals surface area contributed by atoms with Crippen molar-refractivity contribution < 1.29 is 23.5 Å². The quantitative estimate of drug-likeness (QED) is 0.588. The van der Waals surface area contributed by atoms with Crippen LogP contribution in [0, 0.1) is 0 Å². The van der Waals surface area contributed by atoms with Crippen LogP contribution in [-0.4, -0.2) is 34.2 Å². The van der Waals surface area contributed by atoms with Gasteiger partial charge in [0.05, 0.1) is 25.2 Å². The second-order valence-electron chi connectivity index (χ2n) is 5.84. The fourth-order valence-electron chi connectivity index (χ4n) is 3.22. The Morgan fingerprint density at radius 2 is 1.58 bits per heavy atom. The number of hydrogen-bond donors (Lipinski definition) is 0. The van der Waals surface area contributed by atoms with E-state index in [1.807, 2.05) is 6.07 Å². The zero-order valence-electron chi connectivity index (χ0n) is 14.9. The number of rotatable bonds is 6. The normalized spacial score (nSPS) is 11.5. The van der Waals surface area contributed by atoms with Crippen LogP contribution in [0.5, 0.6) is 0 Å². The fraction of sp³-hybridized carbons (Fsp3) is 0.444. The Morgan fingerprint density at radius 3 is 2.08 bits per heavy atom. The van der Waals surface area contributed by atoms with Crippen molar-refractivity contribution >= 4 is 36.4 Å². The van der Waals surface area contributed by atoms with Crippen molar-refractivity contribution in [1.82, 2.24) is 0 Å². The van der Waals surface area contributed by atoms with Gasteiger partial charge in [0, 0.05) is 5.39 Å². The van der Waals surface area contributed by atoms with Crippen LogP contribution in [0.2, 0.25) is 18.1 Å². The maximum absolute atomic E-state index is 12.3. The lowest BCUT2D eigenvalue weighted by molar-refractivity contribution is 0.0556. The van der Waals surface area contributed by atoms with Crippen LogP contribution in [-0.2, 0) is 9.47 Å². The minimum atomic E-state index is -1.73. The van der Waals surface area contributed by atoms with Gasteiger partial charge in [-0.3, -0.25) is 0 Å². The minimum absolute atomic E-state index is 0.138. The number of furan rings is 1. The van der Waals surface area contributed by atoms with Gasteiger partial charge in [-0.15, -0.1) is 0 Å². The highest BCUT2D eigenvalue weighted by atomic mass is 28.3. The minimum Gasteiger partial charge on any atom is -0.465 e. The number of fused-ring (bicyclic) bond motifs is 1. The van der Waals surface area contributed by atoms with Gasteiger partial charge in [-0.2, -0.15) is 0 Å². The molecule has 1 aromatic heterocycles. The predicted molar refractivity (Wildman–Crippen MR) is 95.7 cm³/mol. The summed E-state index contributed by atoms with van der Waals surface area (Å²) in [6, 6.07) is 8.60. The van der Waals surface area contributed by atoms with Crippen molar-refractivity contribution in [3.05, 3.63) is 29.3 Å². The molecule has 0 N–H and O–H groups in total. The number of benzene rings is 1. The standard InChI is InChI=1S/C18H24O5Si/c1-6-24(7-2,8-3)14-11-12-9-10-13(17(19)21-4)15(16(12)23-14)18(20)22-5/h9-11H,6-8H2,1-5H3. The molecule has 1 aromatic carbocycles. The SMILES string of the molecule is CC[Si](CC)(CC)c1cc2ccc(C(=O)OC)c(C(=O)OC)c2o1. The van der Waals surface area contributed by atoms with E-state index in [-0.39, 0.29) is 11.1 Å². The van der Waals surface area contributed by atoms with Gasteiger partial charge in [0.1, 0.15) is 19.2 Å². The van der Waals surface area contributed by atoms with Gasteiger partial charge in [0.25, 0.3) is 0 Å². The summed E-state index contributed by atoms with van der Waals surface area (Å²) >= 11 is 0. The highest BCUT2D eigenvalue weighted by Gasteiger charge is 2.34. The summed E-state index contributed by atoms with van der Waals surface area (Å²) in [5.74, 6) is -1.18. The molecule has 0 fully saturated rings. The van der Waals surface area contributed by atoms with E-state index in [1.54, 1.807) is 12.1 Å². The molecule has 0 aliphatic rings. The first-order valence-electron chi connectivity index (χ1n) is 8.21. The molecule has 6 heteroatoms. The number of methoxy groups -OCH3 is 2. The molecule has 1 heterocycles. The van der Waals surface area contributed by atoms with Crippen LogP contribution >= 0.6 is 0 Å². The van der Waals surface area contributed by atoms with Crippen molar-refractivity contribution in [3.8, 4) is 0 Å². The molecule has 0 aliphatic carbocycles. The van der Waals surface area contributed by atoms with E-state index in [0.29, 0.717) is 5.58 Å². The van der Waals surface area contributed by atoms with Crippen LogP contribution in [0.25, 0.3) is 11.0 Å². The monoisotopic (exact) mass is 348 g/mol. The van der Waals surface area contributed by atoms with Crippen LogP contribution in [0.1, 0.15) is 41.5 Å². The topological polar surface area (TPSA) is 65.7 Å². The van der Waals surface area contributed by atoms with Crippen LogP contribution in [0.3, 0.4) is 0 Å². The van der Waals surface area contributed by atoms with Crippen molar-refractivity contribution in [3.63, 3.8) is 0 Å². The van der Waals surface area contributed by atoms with E-state index in [1.165, 1.54) is 14.2 Å². The molecular formula is C18H24O5Si. The highest BCUT2D eigenvalue weighted by molar-refractivity contribution is 6.91. The molecule has 0 aliphatic heterocycles. The third-order valence-corrected chi connectivity index (χ3v) is 10.4. The van der Waals surface area contributed by atoms with Crippen molar-refractivity contribution in [1.29, 1.82) is 0 Å². The van der Waals surface area contributed by atoms with Crippen molar-refractivity contribution in [2.24, 2.45) is 0 Å². The lowest BCUT2D eigenvalue weighted by Gasteiger charge is -2.24. The van der Waals surface area contributed by atoms with Crippen LogP contribution in [0.15, 0.2) is 22.6 Å². The summed E-state index contributed by atoms with van der Waals surface area (Å²) in [6.45, 7) is 6.56. The van der Waals surface area contributed by atoms with E-state index in [2.05, 4.69) is 20.8 Å². The molecule has 5 nitrogen and oxygen atoms in total. The summed E-state index contributed by atoms with van der Waals surface area (Å²) in [4.78, 5) is 24.3. The Labute approximate surface area is 142 Å². The summed E-state index contributed by atoms with van der Waals surface area (Å²) in [5.41, 5.74) is 0.709. The molecule has 2 aromatic rings. The van der Waals surface area contributed by atoms with Gasteiger partial charge >= 0.3 is 11.9 Å². The number of carbonyl (C=O) groups excluding carboxylic acids is 2. The van der Waals surface area contributed by atoms with Gasteiger partial charge in [-0.05, 0) is 12.1 Å². The van der Waals surface area contributed by atoms with Crippen LogP contribution < -0.4 is 5.38 Å².